The second-order valence-corrected chi connectivity index (χ2v) is 5.74. The zero-order valence-corrected chi connectivity index (χ0v) is 12.2. The van der Waals surface area contributed by atoms with Crippen molar-refractivity contribution in [3.8, 4) is 0 Å². The normalized spacial score (nSPS) is 23.2. The highest BCUT2D eigenvalue weighted by molar-refractivity contribution is 5.85. The zero-order chi connectivity index (χ0) is 14.3. The van der Waals surface area contributed by atoms with Crippen LogP contribution in [-0.4, -0.2) is 16.7 Å². The van der Waals surface area contributed by atoms with Gasteiger partial charge in [0.2, 0.25) is 0 Å². The lowest BCUT2D eigenvalue weighted by molar-refractivity contribution is -0.137. The van der Waals surface area contributed by atoms with Gasteiger partial charge in [-0.15, -0.1) is 12.4 Å². The van der Waals surface area contributed by atoms with E-state index in [4.69, 9.17) is 0 Å². The van der Waals surface area contributed by atoms with Crippen LogP contribution >= 0.6 is 12.4 Å². The molecule has 1 aromatic rings. The fourth-order valence-corrected chi connectivity index (χ4v) is 2.53. The van der Waals surface area contributed by atoms with Gasteiger partial charge in [0.25, 0.3) is 0 Å². The van der Waals surface area contributed by atoms with Crippen LogP contribution in [0.3, 0.4) is 0 Å². The number of nitrogens with one attached hydrogen (secondary N) is 1. The number of halogens is 4. The molecular formula is C14H19ClF3NO. The van der Waals surface area contributed by atoms with Crippen LogP contribution in [0.2, 0.25) is 0 Å². The lowest BCUT2D eigenvalue weighted by atomic mass is 9.98. The van der Waals surface area contributed by atoms with Gasteiger partial charge in [-0.3, -0.25) is 0 Å². The van der Waals surface area contributed by atoms with Crippen molar-refractivity contribution >= 4 is 12.4 Å². The number of rotatable bonds is 2. The van der Waals surface area contributed by atoms with Gasteiger partial charge in [-0.05, 0) is 44.4 Å². The maximum Gasteiger partial charge on any atom is 0.416 e. The first-order valence-corrected chi connectivity index (χ1v) is 6.32. The van der Waals surface area contributed by atoms with E-state index in [1.807, 2.05) is 13.8 Å². The molecule has 1 aliphatic heterocycles. The average Bonchev–Trinajstić information content (AvgIpc) is 2.68. The maximum atomic E-state index is 12.6. The number of hydrogen-bond donors (Lipinski definition) is 2. The summed E-state index contributed by atoms with van der Waals surface area (Å²) >= 11 is 0. The summed E-state index contributed by atoms with van der Waals surface area (Å²) in [5.41, 5.74) is -0.487. The van der Waals surface area contributed by atoms with Gasteiger partial charge in [-0.2, -0.15) is 13.2 Å². The molecule has 2 unspecified atom stereocenters. The first-order chi connectivity index (χ1) is 8.69. The van der Waals surface area contributed by atoms with Gasteiger partial charge in [-0.25, -0.2) is 0 Å². The van der Waals surface area contributed by atoms with E-state index in [-0.39, 0.29) is 24.0 Å². The molecule has 2 rings (SSSR count). The third-order valence-electron chi connectivity index (χ3n) is 3.59. The Morgan fingerprint density at radius 2 is 2.00 bits per heavy atom. The average molecular weight is 310 g/mol. The molecule has 2 atom stereocenters. The Balaban J connectivity index is 0.00000200. The molecule has 1 aliphatic rings. The third kappa shape index (κ3) is 3.87. The first-order valence-electron chi connectivity index (χ1n) is 6.32. The van der Waals surface area contributed by atoms with Crippen LogP contribution in [0.1, 0.15) is 43.9 Å². The van der Waals surface area contributed by atoms with Gasteiger partial charge >= 0.3 is 6.18 Å². The predicted molar refractivity (Wildman–Crippen MR) is 73.9 cm³/mol. The molecule has 6 heteroatoms. The van der Waals surface area contributed by atoms with Crippen LogP contribution in [0.25, 0.3) is 0 Å². The standard InChI is InChI=1S/C14H18F3NO.ClH/c1-13(2)7-6-11(18-13)12(19)9-4-3-5-10(8-9)14(15,16)17;/h3-5,8,11-12,18-19H,6-7H2,1-2H3;1H. The van der Waals surface area contributed by atoms with Gasteiger partial charge in [0.15, 0.2) is 0 Å². The van der Waals surface area contributed by atoms with E-state index < -0.39 is 17.8 Å². The molecule has 0 amide bonds. The minimum Gasteiger partial charge on any atom is -0.387 e. The smallest absolute Gasteiger partial charge is 0.387 e. The van der Waals surface area contributed by atoms with Crippen molar-refractivity contribution in [1.82, 2.24) is 5.32 Å². The molecule has 2 nitrogen and oxygen atoms in total. The van der Waals surface area contributed by atoms with E-state index in [0.717, 1.165) is 25.0 Å². The lowest BCUT2D eigenvalue weighted by Gasteiger charge is -2.24. The maximum absolute atomic E-state index is 12.6. The number of aliphatic hydroxyl groups excluding tert-OH is 1. The Bertz CT molecular complexity index is 462. The summed E-state index contributed by atoms with van der Waals surface area (Å²) in [6.07, 6.45) is -3.64. The Kier molecular flexibility index (Phi) is 5.11. The highest BCUT2D eigenvalue weighted by atomic mass is 35.5. The summed E-state index contributed by atoms with van der Waals surface area (Å²) < 4.78 is 37.9. The summed E-state index contributed by atoms with van der Waals surface area (Å²) in [6, 6.07) is 4.72. The van der Waals surface area contributed by atoms with Crippen molar-refractivity contribution in [3.63, 3.8) is 0 Å². The van der Waals surface area contributed by atoms with E-state index in [1.54, 1.807) is 0 Å². The van der Waals surface area contributed by atoms with Crippen molar-refractivity contribution < 1.29 is 18.3 Å². The van der Waals surface area contributed by atoms with Gasteiger partial charge in [-0.1, -0.05) is 12.1 Å². The van der Waals surface area contributed by atoms with Crippen molar-refractivity contribution in [2.45, 2.75) is 50.6 Å². The van der Waals surface area contributed by atoms with Crippen LogP contribution in [0.5, 0.6) is 0 Å². The fourth-order valence-electron chi connectivity index (χ4n) is 2.53. The quantitative estimate of drug-likeness (QED) is 0.873. The van der Waals surface area contributed by atoms with Gasteiger partial charge in [0.05, 0.1) is 11.7 Å². The predicted octanol–water partition coefficient (Wildman–Crippen LogP) is 3.69. The summed E-state index contributed by atoms with van der Waals surface area (Å²) in [5.74, 6) is 0. The van der Waals surface area contributed by atoms with E-state index in [0.29, 0.717) is 5.56 Å². The van der Waals surface area contributed by atoms with Crippen molar-refractivity contribution in [1.29, 1.82) is 0 Å². The third-order valence-corrected chi connectivity index (χ3v) is 3.59. The van der Waals surface area contributed by atoms with Crippen LogP contribution < -0.4 is 5.32 Å². The molecule has 114 valence electrons. The van der Waals surface area contributed by atoms with Gasteiger partial charge < -0.3 is 10.4 Å². The van der Waals surface area contributed by atoms with E-state index in [1.165, 1.54) is 12.1 Å². The SMILES string of the molecule is CC1(C)CCC(C(O)c2cccc(C(F)(F)F)c2)N1.Cl. The number of benzene rings is 1. The van der Waals surface area contributed by atoms with Gasteiger partial charge in [0, 0.05) is 11.6 Å². The van der Waals surface area contributed by atoms with E-state index in [2.05, 4.69) is 5.32 Å². The molecule has 1 aromatic carbocycles. The molecule has 20 heavy (non-hydrogen) atoms. The molecule has 0 aromatic heterocycles. The molecule has 0 radical (unpaired) electrons. The fraction of sp³-hybridized carbons (Fsp3) is 0.571. The minimum absolute atomic E-state index is 0. The molecule has 1 heterocycles. The van der Waals surface area contributed by atoms with Crippen molar-refractivity contribution in [2.24, 2.45) is 0 Å². The lowest BCUT2D eigenvalue weighted by Crippen LogP contribution is -2.40. The zero-order valence-electron chi connectivity index (χ0n) is 11.4. The number of aliphatic hydroxyl groups is 1. The summed E-state index contributed by atoms with van der Waals surface area (Å²) in [7, 11) is 0. The van der Waals surface area contributed by atoms with Crippen LogP contribution in [0.15, 0.2) is 24.3 Å². The Labute approximate surface area is 122 Å². The van der Waals surface area contributed by atoms with E-state index >= 15 is 0 Å². The molecule has 0 saturated carbocycles. The highest BCUT2D eigenvalue weighted by Crippen LogP contribution is 2.34. The molecule has 1 saturated heterocycles. The molecule has 2 N–H and O–H groups in total. The molecule has 0 spiro atoms. The Morgan fingerprint density at radius 1 is 1.35 bits per heavy atom. The van der Waals surface area contributed by atoms with Crippen molar-refractivity contribution in [3.05, 3.63) is 35.4 Å². The van der Waals surface area contributed by atoms with Crippen LogP contribution in [-0.2, 0) is 6.18 Å². The van der Waals surface area contributed by atoms with Crippen LogP contribution in [0, 0.1) is 0 Å². The summed E-state index contributed by atoms with van der Waals surface area (Å²) in [6.45, 7) is 4.04. The second-order valence-electron chi connectivity index (χ2n) is 5.74. The Morgan fingerprint density at radius 3 is 2.50 bits per heavy atom. The monoisotopic (exact) mass is 309 g/mol. The number of alkyl halides is 3. The van der Waals surface area contributed by atoms with Crippen LogP contribution in [0.4, 0.5) is 13.2 Å². The molecule has 1 fully saturated rings. The highest BCUT2D eigenvalue weighted by Gasteiger charge is 2.36. The largest absolute Gasteiger partial charge is 0.416 e. The van der Waals surface area contributed by atoms with Gasteiger partial charge in [0.1, 0.15) is 0 Å². The number of hydrogen-bond acceptors (Lipinski definition) is 2. The minimum atomic E-state index is -4.38. The second kappa shape index (κ2) is 5.92. The van der Waals surface area contributed by atoms with E-state index in [9.17, 15) is 18.3 Å². The topological polar surface area (TPSA) is 32.3 Å². The summed E-state index contributed by atoms with van der Waals surface area (Å²) in [4.78, 5) is 0. The first kappa shape index (κ1) is 17.3. The molecule has 0 bridgehead atoms. The Hall–Kier alpha value is -0.780. The summed E-state index contributed by atoms with van der Waals surface area (Å²) in [5, 5.41) is 13.5. The van der Waals surface area contributed by atoms with Crippen molar-refractivity contribution in [2.75, 3.05) is 0 Å². The molecule has 0 aliphatic carbocycles. The molecular weight excluding hydrogens is 291 g/mol.